The molecule has 4 heteroatoms. The van der Waals surface area contributed by atoms with Gasteiger partial charge >= 0.3 is 5.97 Å². The van der Waals surface area contributed by atoms with Crippen molar-refractivity contribution in [2.24, 2.45) is 5.92 Å². The quantitative estimate of drug-likeness (QED) is 0.885. The highest BCUT2D eigenvalue weighted by molar-refractivity contribution is 5.93. The molecule has 0 spiro atoms. The van der Waals surface area contributed by atoms with Crippen LogP contribution in [0.4, 0.5) is 5.69 Å². The zero-order valence-corrected chi connectivity index (χ0v) is 11.7. The SMILES string of the molecule is C[C@H](Cc1ccccc1)C(=O)Nc1ccc(C(=O)O)cc1. The summed E-state index contributed by atoms with van der Waals surface area (Å²) in [6, 6.07) is 16.0. The van der Waals surface area contributed by atoms with Crippen LogP contribution in [-0.4, -0.2) is 17.0 Å². The van der Waals surface area contributed by atoms with E-state index in [1.54, 1.807) is 12.1 Å². The zero-order valence-electron chi connectivity index (χ0n) is 11.7. The molecule has 0 aliphatic carbocycles. The number of anilines is 1. The van der Waals surface area contributed by atoms with Gasteiger partial charge in [-0.1, -0.05) is 37.3 Å². The van der Waals surface area contributed by atoms with E-state index in [0.717, 1.165) is 5.56 Å². The van der Waals surface area contributed by atoms with Gasteiger partial charge in [0, 0.05) is 11.6 Å². The van der Waals surface area contributed by atoms with E-state index in [1.807, 2.05) is 37.3 Å². The van der Waals surface area contributed by atoms with E-state index in [4.69, 9.17) is 5.11 Å². The molecule has 4 nitrogen and oxygen atoms in total. The summed E-state index contributed by atoms with van der Waals surface area (Å²) in [7, 11) is 0. The molecule has 0 unspecified atom stereocenters. The number of carbonyl (C=O) groups excluding carboxylic acids is 1. The van der Waals surface area contributed by atoms with Crippen LogP contribution in [0.15, 0.2) is 54.6 Å². The molecule has 21 heavy (non-hydrogen) atoms. The molecule has 1 atom stereocenters. The van der Waals surface area contributed by atoms with Crippen molar-refractivity contribution in [1.82, 2.24) is 0 Å². The summed E-state index contributed by atoms with van der Waals surface area (Å²) >= 11 is 0. The Morgan fingerprint density at radius 2 is 1.67 bits per heavy atom. The highest BCUT2D eigenvalue weighted by atomic mass is 16.4. The Morgan fingerprint density at radius 1 is 1.05 bits per heavy atom. The average Bonchev–Trinajstić information content (AvgIpc) is 2.48. The first-order valence-electron chi connectivity index (χ1n) is 6.74. The van der Waals surface area contributed by atoms with E-state index in [1.165, 1.54) is 12.1 Å². The molecule has 0 saturated heterocycles. The van der Waals surface area contributed by atoms with Crippen molar-refractivity contribution in [3.8, 4) is 0 Å². The number of aromatic carboxylic acids is 1. The van der Waals surface area contributed by atoms with Crippen molar-refractivity contribution in [2.75, 3.05) is 5.32 Å². The van der Waals surface area contributed by atoms with Gasteiger partial charge in [0.2, 0.25) is 5.91 Å². The molecule has 0 radical (unpaired) electrons. The molecule has 2 aromatic carbocycles. The van der Waals surface area contributed by atoms with Crippen LogP contribution in [0.1, 0.15) is 22.8 Å². The summed E-state index contributed by atoms with van der Waals surface area (Å²) in [5.74, 6) is -1.22. The first-order valence-corrected chi connectivity index (χ1v) is 6.74. The highest BCUT2D eigenvalue weighted by Gasteiger charge is 2.13. The van der Waals surface area contributed by atoms with Crippen molar-refractivity contribution in [2.45, 2.75) is 13.3 Å². The van der Waals surface area contributed by atoms with E-state index in [2.05, 4.69) is 5.32 Å². The minimum atomic E-state index is -0.981. The van der Waals surface area contributed by atoms with Crippen LogP contribution in [0.2, 0.25) is 0 Å². The predicted molar refractivity (Wildman–Crippen MR) is 81.3 cm³/mol. The largest absolute Gasteiger partial charge is 0.478 e. The number of amides is 1. The van der Waals surface area contributed by atoms with Crippen LogP contribution in [-0.2, 0) is 11.2 Å². The Hall–Kier alpha value is -2.62. The van der Waals surface area contributed by atoms with Crippen molar-refractivity contribution >= 4 is 17.6 Å². The van der Waals surface area contributed by atoms with E-state index < -0.39 is 5.97 Å². The van der Waals surface area contributed by atoms with Crippen LogP contribution >= 0.6 is 0 Å². The topological polar surface area (TPSA) is 66.4 Å². The number of benzene rings is 2. The van der Waals surface area contributed by atoms with Crippen LogP contribution in [0.5, 0.6) is 0 Å². The maximum absolute atomic E-state index is 12.1. The second-order valence-corrected chi connectivity index (χ2v) is 4.96. The monoisotopic (exact) mass is 283 g/mol. The fourth-order valence-corrected chi connectivity index (χ4v) is 2.02. The molecular formula is C17H17NO3. The second kappa shape index (κ2) is 6.70. The number of carboxylic acids is 1. The number of hydrogen-bond donors (Lipinski definition) is 2. The molecule has 2 aromatic rings. The van der Waals surface area contributed by atoms with Gasteiger partial charge in [0.25, 0.3) is 0 Å². The van der Waals surface area contributed by atoms with Gasteiger partial charge in [-0.2, -0.15) is 0 Å². The van der Waals surface area contributed by atoms with Crippen LogP contribution < -0.4 is 5.32 Å². The summed E-state index contributed by atoms with van der Waals surface area (Å²) in [4.78, 5) is 22.9. The van der Waals surface area contributed by atoms with Crippen molar-refractivity contribution < 1.29 is 14.7 Å². The van der Waals surface area contributed by atoms with Gasteiger partial charge in [0.05, 0.1) is 5.56 Å². The lowest BCUT2D eigenvalue weighted by Gasteiger charge is -2.12. The Labute approximate surface area is 123 Å². The fourth-order valence-electron chi connectivity index (χ4n) is 2.02. The molecule has 0 saturated carbocycles. The predicted octanol–water partition coefficient (Wildman–Crippen LogP) is 3.20. The summed E-state index contributed by atoms with van der Waals surface area (Å²) in [6.45, 7) is 1.87. The van der Waals surface area contributed by atoms with E-state index in [0.29, 0.717) is 12.1 Å². The summed E-state index contributed by atoms with van der Waals surface area (Å²) in [5.41, 5.74) is 1.91. The maximum Gasteiger partial charge on any atom is 0.335 e. The summed E-state index contributed by atoms with van der Waals surface area (Å²) in [6.07, 6.45) is 0.667. The van der Waals surface area contributed by atoms with Gasteiger partial charge in [0.1, 0.15) is 0 Å². The molecule has 0 aliphatic rings. The first kappa shape index (κ1) is 14.8. The molecule has 2 N–H and O–H groups in total. The van der Waals surface area contributed by atoms with E-state index in [-0.39, 0.29) is 17.4 Å². The lowest BCUT2D eigenvalue weighted by molar-refractivity contribution is -0.119. The second-order valence-electron chi connectivity index (χ2n) is 4.96. The van der Waals surface area contributed by atoms with Crippen LogP contribution in [0, 0.1) is 5.92 Å². The molecule has 0 aliphatic heterocycles. The Kier molecular flexibility index (Phi) is 4.72. The van der Waals surface area contributed by atoms with Gasteiger partial charge in [-0.05, 0) is 36.2 Å². The van der Waals surface area contributed by atoms with Crippen molar-refractivity contribution in [3.05, 3.63) is 65.7 Å². The summed E-state index contributed by atoms with van der Waals surface area (Å²) < 4.78 is 0. The van der Waals surface area contributed by atoms with E-state index >= 15 is 0 Å². The van der Waals surface area contributed by atoms with Gasteiger partial charge < -0.3 is 10.4 Å². The fraction of sp³-hybridized carbons (Fsp3) is 0.176. The lowest BCUT2D eigenvalue weighted by Crippen LogP contribution is -2.22. The molecule has 2 rings (SSSR count). The van der Waals surface area contributed by atoms with Gasteiger partial charge in [-0.3, -0.25) is 4.79 Å². The number of carboxylic acid groups (broad SMARTS) is 1. The Morgan fingerprint density at radius 3 is 2.24 bits per heavy atom. The van der Waals surface area contributed by atoms with Crippen LogP contribution in [0.25, 0.3) is 0 Å². The minimum absolute atomic E-state index is 0.0815. The Bertz CT molecular complexity index is 620. The average molecular weight is 283 g/mol. The molecule has 108 valence electrons. The number of hydrogen-bond acceptors (Lipinski definition) is 2. The van der Waals surface area contributed by atoms with Crippen molar-refractivity contribution in [1.29, 1.82) is 0 Å². The van der Waals surface area contributed by atoms with Gasteiger partial charge in [0.15, 0.2) is 0 Å². The third-order valence-corrected chi connectivity index (χ3v) is 3.23. The number of rotatable bonds is 5. The smallest absolute Gasteiger partial charge is 0.335 e. The van der Waals surface area contributed by atoms with E-state index in [9.17, 15) is 9.59 Å². The minimum Gasteiger partial charge on any atom is -0.478 e. The van der Waals surface area contributed by atoms with Gasteiger partial charge in [-0.25, -0.2) is 4.79 Å². The number of nitrogens with one attached hydrogen (secondary N) is 1. The standard InChI is InChI=1S/C17H17NO3/c1-12(11-13-5-3-2-4-6-13)16(19)18-15-9-7-14(8-10-15)17(20)21/h2-10,12H,11H2,1H3,(H,18,19)(H,20,21)/t12-/m1/s1. The third-order valence-electron chi connectivity index (χ3n) is 3.23. The third kappa shape index (κ3) is 4.18. The lowest BCUT2D eigenvalue weighted by atomic mass is 10.0. The number of carbonyl (C=O) groups is 2. The van der Waals surface area contributed by atoms with Crippen molar-refractivity contribution in [3.63, 3.8) is 0 Å². The maximum atomic E-state index is 12.1. The highest BCUT2D eigenvalue weighted by Crippen LogP contribution is 2.13. The molecule has 0 heterocycles. The van der Waals surface area contributed by atoms with Crippen LogP contribution in [0.3, 0.4) is 0 Å². The molecule has 0 aromatic heterocycles. The zero-order chi connectivity index (χ0) is 15.2. The first-order chi connectivity index (χ1) is 10.1. The summed E-state index contributed by atoms with van der Waals surface area (Å²) in [5, 5.41) is 11.6. The normalized spacial score (nSPS) is 11.7. The Balaban J connectivity index is 1.95. The molecular weight excluding hydrogens is 266 g/mol. The molecule has 1 amide bonds. The van der Waals surface area contributed by atoms with Gasteiger partial charge in [-0.15, -0.1) is 0 Å². The molecule has 0 bridgehead atoms. The molecule has 0 fully saturated rings.